The number of aryl methyl sites for hydroxylation is 2. The molecule has 0 spiro atoms. The van der Waals surface area contributed by atoms with E-state index in [2.05, 4.69) is 65.0 Å². The van der Waals surface area contributed by atoms with Gasteiger partial charge in [-0.3, -0.25) is 0 Å². The van der Waals surface area contributed by atoms with Crippen molar-refractivity contribution in [2.45, 2.75) is 46.8 Å². The molecule has 0 aliphatic carbocycles. The fourth-order valence-corrected chi connectivity index (χ4v) is 3.20. The molecule has 3 rings (SSSR count). The van der Waals surface area contributed by atoms with Gasteiger partial charge in [0.25, 0.3) is 0 Å². The van der Waals surface area contributed by atoms with Crippen LogP contribution in [0.5, 0.6) is 5.75 Å². The molecule has 172 valence electrons. The summed E-state index contributed by atoms with van der Waals surface area (Å²) in [6, 6.07) is 16.6. The van der Waals surface area contributed by atoms with Crippen LogP contribution in [0.3, 0.4) is 0 Å². The maximum Gasteiger partial charge on any atom is 0.192 e. The third-order valence-electron chi connectivity index (χ3n) is 5.18. The Balaban J connectivity index is 0.00000363. The van der Waals surface area contributed by atoms with Crippen LogP contribution in [-0.4, -0.2) is 27.3 Å². The fraction of sp³-hybridized carbons (Fsp3) is 0.375. The number of guanidine groups is 1. The number of benzene rings is 2. The summed E-state index contributed by atoms with van der Waals surface area (Å²) in [6.45, 7) is 9.77. The molecule has 2 N–H and O–H groups in total. The minimum atomic E-state index is 0. The number of hydrogen-bond donors (Lipinski definition) is 2. The number of nitrogens with one attached hydrogen (secondary N) is 2. The lowest BCUT2D eigenvalue weighted by atomic mass is 10.1. The predicted molar refractivity (Wildman–Crippen MR) is 139 cm³/mol. The van der Waals surface area contributed by atoms with E-state index < -0.39 is 0 Å². The first-order valence-corrected chi connectivity index (χ1v) is 10.6. The molecule has 1 heterocycles. The van der Waals surface area contributed by atoms with E-state index in [0.29, 0.717) is 25.7 Å². The monoisotopic (exact) mass is 548 g/mol. The van der Waals surface area contributed by atoms with Gasteiger partial charge in [-0.05, 0) is 44.9 Å². The number of nitrogens with zero attached hydrogens (tertiary/aromatic N) is 4. The Morgan fingerprint density at radius 3 is 2.53 bits per heavy atom. The second kappa shape index (κ2) is 12.4. The minimum Gasteiger partial charge on any atom is -0.494 e. The van der Waals surface area contributed by atoms with Crippen molar-refractivity contribution in [3.63, 3.8) is 0 Å². The van der Waals surface area contributed by atoms with Gasteiger partial charge in [-0.1, -0.05) is 42.5 Å². The molecule has 0 aliphatic heterocycles. The Labute approximate surface area is 207 Å². The van der Waals surface area contributed by atoms with Crippen molar-refractivity contribution >= 4 is 29.9 Å². The summed E-state index contributed by atoms with van der Waals surface area (Å²) >= 11 is 0. The Bertz CT molecular complexity index is 1020. The zero-order valence-electron chi connectivity index (χ0n) is 19.4. The topological polar surface area (TPSA) is 76.4 Å². The van der Waals surface area contributed by atoms with Gasteiger partial charge in [0, 0.05) is 12.6 Å². The molecule has 0 aliphatic rings. The minimum absolute atomic E-state index is 0. The Morgan fingerprint density at radius 2 is 1.88 bits per heavy atom. The smallest absolute Gasteiger partial charge is 0.192 e. The van der Waals surface area contributed by atoms with Gasteiger partial charge in [-0.2, -0.15) is 0 Å². The molecule has 1 aromatic heterocycles. The molecule has 32 heavy (non-hydrogen) atoms. The number of aliphatic imine (C=N–C) groups is 1. The summed E-state index contributed by atoms with van der Waals surface area (Å²) in [4.78, 5) is 4.84. The summed E-state index contributed by atoms with van der Waals surface area (Å²) in [5, 5.41) is 15.3. The molecule has 2 aromatic carbocycles. The van der Waals surface area contributed by atoms with Crippen LogP contribution in [0.1, 0.15) is 48.2 Å². The van der Waals surface area contributed by atoms with Crippen molar-refractivity contribution in [3.8, 4) is 5.75 Å². The normalized spacial score (nSPS) is 12.1. The molecule has 0 amide bonds. The highest BCUT2D eigenvalue weighted by atomic mass is 127. The molecule has 1 unspecified atom stereocenters. The van der Waals surface area contributed by atoms with Gasteiger partial charge < -0.3 is 19.9 Å². The molecule has 0 radical (unpaired) electrons. The lowest BCUT2D eigenvalue weighted by Gasteiger charge is -2.19. The van der Waals surface area contributed by atoms with E-state index >= 15 is 0 Å². The van der Waals surface area contributed by atoms with Crippen LogP contribution in [0.15, 0.2) is 53.5 Å². The summed E-state index contributed by atoms with van der Waals surface area (Å²) in [5.41, 5.74) is 3.41. The van der Waals surface area contributed by atoms with Crippen molar-refractivity contribution in [2.75, 3.05) is 6.61 Å². The fourth-order valence-electron chi connectivity index (χ4n) is 3.20. The summed E-state index contributed by atoms with van der Waals surface area (Å²) in [5.74, 6) is 3.32. The van der Waals surface area contributed by atoms with Gasteiger partial charge in [0.2, 0.25) is 0 Å². The lowest BCUT2D eigenvalue weighted by molar-refractivity contribution is 0.336. The van der Waals surface area contributed by atoms with Gasteiger partial charge in [0.15, 0.2) is 11.8 Å². The zero-order valence-corrected chi connectivity index (χ0v) is 21.8. The van der Waals surface area contributed by atoms with Crippen molar-refractivity contribution in [3.05, 3.63) is 76.9 Å². The number of rotatable bonds is 8. The number of aromatic nitrogens is 3. The molecule has 0 saturated heterocycles. The average Bonchev–Trinajstić information content (AvgIpc) is 3.09. The van der Waals surface area contributed by atoms with Crippen LogP contribution in [0.2, 0.25) is 0 Å². The van der Waals surface area contributed by atoms with Crippen molar-refractivity contribution < 1.29 is 4.74 Å². The molecule has 7 nitrogen and oxygen atoms in total. The largest absolute Gasteiger partial charge is 0.494 e. The van der Waals surface area contributed by atoms with Crippen LogP contribution in [0, 0.1) is 13.8 Å². The SMILES string of the molecule is CCOc1cc(C)ccc1CN=C(NCc1nnc(C)n1C)NC(C)c1ccccc1.I. The average molecular weight is 548 g/mol. The summed E-state index contributed by atoms with van der Waals surface area (Å²) in [6.07, 6.45) is 0. The zero-order chi connectivity index (χ0) is 22.2. The van der Waals surface area contributed by atoms with Gasteiger partial charge in [-0.15, -0.1) is 34.2 Å². The highest BCUT2D eigenvalue weighted by Crippen LogP contribution is 2.21. The van der Waals surface area contributed by atoms with E-state index in [1.807, 2.05) is 43.7 Å². The molecular formula is C24H33IN6O. The summed E-state index contributed by atoms with van der Waals surface area (Å²) in [7, 11) is 1.96. The van der Waals surface area contributed by atoms with E-state index in [1.165, 1.54) is 11.1 Å². The molecule has 3 aromatic rings. The van der Waals surface area contributed by atoms with Crippen LogP contribution >= 0.6 is 24.0 Å². The van der Waals surface area contributed by atoms with E-state index in [9.17, 15) is 0 Å². The van der Waals surface area contributed by atoms with Gasteiger partial charge >= 0.3 is 0 Å². The first-order valence-electron chi connectivity index (χ1n) is 10.6. The van der Waals surface area contributed by atoms with E-state index in [-0.39, 0.29) is 30.0 Å². The summed E-state index contributed by atoms with van der Waals surface area (Å²) < 4.78 is 7.79. The first-order chi connectivity index (χ1) is 15.0. The predicted octanol–water partition coefficient (Wildman–Crippen LogP) is 4.45. The Kier molecular flexibility index (Phi) is 9.96. The van der Waals surface area contributed by atoms with Crippen LogP contribution in [0.25, 0.3) is 0 Å². The standard InChI is InChI=1S/C24H32N6O.HI/c1-6-31-22-14-17(2)12-13-21(22)15-25-24(26-16-23-29-28-19(4)30(23)5)27-18(3)20-10-8-7-9-11-20;/h7-14,18H,6,15-16H2,1-5H3,(H2,25,26,27);1H. The molecule has 1 atom stereocenters. The van der Waals surface area contributed by atoms with Gasteiger partial charge in [-0.25, -0.2) is 4.99 Å². The second-order valence-electron chi connectivity index (χ2n) is 7.56. The molecule has 8 heteroatoms. The van der Waals surface area contributed by atoms with Gasteiger partial charge in [0.05, 0.1) is 25.7 Å². The van der Waals surface area contributed by atoms with E-state index in [0.717, 1.165) is 23.0 Å². The highest BCUT2D eigenvalue weighted by Gasteiger charge is 2.11. The van der Waals surface area contributed by atoms with Crippen molar-refractivity contribution in [1.29, 1.82) is 0 Å². The first kappa shape index (κ1) is 25.6. The lowest BCUT2D eigenvalue weighted by Crippen LogP contribution is -2.39. The van der Waals surface area contributed by atoms with E-state index in [1.54, 1.807) is 0 Å². The molecule has 0 fully saturated rings. The highest BCUT2D eigenvalue weighted by molar-refractivity contribution is 14.0. The Hall–Kier alpha value is -2.62. The third-order valence-corrected chi connectivity index (χ3v) is 5.18. The van der Waals surface area contributed by atoms with E-state index in [4.69, 9.17) is 9.73 Å². The number of halogens is 1. The maximum atomic E-state index is 5.82. The quantitative estimate of drug-likeness (QED) is 0.247. The van der Waals surface area contributed by atoms with Crippen LogP contribution in [0.4, 0.5) is 0 Å². The molecule has 0 saturated carbocycles. The van der Waals surface area contributed by atoms with Gasteiger partial charge in [0.1, 0.15) is 11.6 Å². The number of hydrogen-bond acceptors (Lipinski definition) is 4. The maximum absolute atomic E-state index is 5.82. The third kappa shape index (κ3) is 6.94. The molecule has 0 bridgehead atoms. The molecular weight excluding hydrogens is 515 g/mol. The van der Waals surface area contributed by atoms with Crippen LogP contribution in [-0.2, 0) is 20.1 Å². The Morgan fingerprint density at radius 1 is 1.12 bits per heavy atom. The van der Waals surface area contributed by atoms with Crippen LogP contribution < -0.4 is 15.4 Å². The van der Waals surface area contributed by atoms with Crippen molar-refractivity contribution in [1.82, 2.24) is 25.4 Å². The van der Waals surface area contributed by atoms with Crippen molar-refractivity contribution in [2.24, 2.45) is 12.0 Å². The second-order valence-corrected chi connectivity index (χ2v) is 7.56. The number of ether oxygens (including phenoxy) is 1.